The van der Waals surface area contributed by atoms with Gasteiger partial charge in [-0.1, -0.05) is 12.1 Å². The molecule has 1 amide bonds. The van der Waals surface area contributed by atoms with Crippen molar-refractivity contribution in [1.29, 1.82) is 0 Å². The zero-order valence-corrected chi connectivity index (χ0v) is 15.8. The Bertz CT molecular complexity index is 728. The number of nitrogens with two attached hydrogens (primary N) is 1. The molecule has 1 aliphatic rings. The maximum absolute atomic E-state index is 13.1. The number of ether oxygens (including phenoxy) is 2. The van der Waals surface area contributed by atoms with Crippen molar-refractivity contribution in [3.05, 3.63) is 45.9 Å². The number of hydrogen-bond acceptors (Lipinski definition) is 6. The van der Waals surface area contributed by atoms with Gasteiger partial charge in [-0.25, -0.2) is 4.98 Å². The Morgan fingerprint density at radius 2 is 2.38 bits per heavy atom. The normalized spacial score (nSPS) is 16.6. The van der Waals surface area contributed by atoms with E-state index in [-0.39, 0.29) is 12.0 Å². The minimum Gasteiger partial charge on any atom is -0.497 e. The Morgan fingerprint density at radius 3 is 3.12 bits per heavy atom. The van der Waals surface area contributed by atoms with Crippen molar-refractivity contribution in [2.45, 2.75) is 31.9 Å². The molecule has 7 heteroatoms. The number of rotatable bonds is 8. The molecule has 1 aromatic carbocycles. The molecule has 0 saturated carbocycles. The third-order valence-electron chi connectivity index (χ3n) is 4.37. The highest BCUT2D eigenvalue weighted by Crippen LogP contribution is 2.20. The van der Waals surface area contributed by atoms with Crippen molar-refractivity contribution in [2.24, 2.45) is 5.73 Å². The highest BCUT2D eigenvalue weighted by molar-refractivity contribution is 7.09. The van der Waals surface area contributed by atoms with E-state index < -0.39 is 0 Å². The Hall–Kier alpha value is -1.96. The van der Waals surface area contributed by atoms with E-state index in [1.807, 2.05) is 34.5 Å². The van der Waals surface area contributed by atoms with Gasteiger partial charge in [-0.05, 0) is 37.1 Å². The van der Waals surface area contributed by atoms with Crippen molar-refractivity contribution in [2.75, 3.05) is 26.8 Å². The highest BCUT2D eigenvalue weighted by Gasteiger charge is 2.25. The van der Waals surface area contributed by atoms with Gasteiger partial charge in [-0.15, -0.1) is 11.3 Å². The maximum atomic E-state index is 13.1. The maximum Gasteiger partial charge on any atom is 0.273 e. The summed E-state index contributed by atoms with van der Waals surface area (Å²) >= 11 is 1.49. The van der Waals surface area contributed by atoms with Gasteiger partial charge in [0.1, 0.15) is 11.4 Å². The van der Waals surface area contributed by atoms with Crippen LogP contribution < -0.4 is 10.5 Å². The van der Waals surface area contributed by atoms with E-state index in [0.29, 0.717) is 31.7 Å². The quantitative estimate of drug-likeness (QED) is 0.767. The predicted octanol–water partition coefficient (Wildman–Crippen LogP) is 2.47. The first-order valence-electron chi connectivity index (χ1n) is 8.88. The molecular formula is C19H25N3O3S. The molecule has 26 heavy (non-hydrogen) atoms. The number of carbonyl (C=O) groups is 1. The summed E-state index contributed by atoms with van der Waals surface area (Å²) in [5, 5.41) is 2.72. The highest BCUT2D eigenvalue weighted by atomic mass is 32.1. The van der Waals surface area contributed by atoms with E-state index in [0.717, 1.165) is 35.8 Å². The predicted molar refractivity (Wildman–Crippen MR) is 102 cm³/mol. The van der Waals surface area contributed by atoms with Crippen LogP contribution in [0.4, 0.5) is 0 Å². The number of hydrogen-bond donors (Lipinski definition) is 1. The number of benzene rings is 1. The molecule has 1 fully saturated rings. The van der Waals surface area contributed by atoms with Crippen LogP contribution in [0.25, 0.3) is 0 Å². The summed E-state index contributed by atoms with van der Waals surface area (Å²) in [6, 6.07) is 7.79. The summed E-state index contributed by atoms with van der Waals surface area (Å²) in [6.07, 6.45) is 2.81. The molecule has 140 valence electrons. The smallest absolute Gasteiger partial charge is 0.273 e. The Morgan fingerprint density at radius 1 is 1.50 bits per heavy atom. The fourth-order valence-corrected chi connectivity index (χ4v) is 3.84. The summed E-state index contributed by atoms with van der Waals surface area (Å²) in [5.74, 6) is 0.716. The van der Waals surface area contributed by atoms with Gasteiger partial charge >= 0.3 is 0 Å². The largest absolute Gasteiger partial charge is 0.497 e. The van der Waals surface area contributed by atoms with Crippen LogP contribution in [0.1, 0.15) is 33.9 Å². The monoisotopic (exact) mass is 375 g/mol. The molecule has 0 radical (unpaired) electrons. The van der Waals surface area contributed by atoms with Gasteiger partial charge in [0.2, 0.25) is 0 Å². The van der Waals surface area contributed by atoms with Gasteiger partial charge in [0.15, 0.2) is 0 Å². The van der Waals surface area contributed by atoms with Crippen molar-refractivity contribution < 1.29 is 14.3 Å². The summed E-state index contributed by atoms with van der Waals surface area (Å²) in [7, 11) is 1.64. The topological polar surface area (TPSA) is 77.7 Å². The van der Waals surface area contributed by atoms with Gasteiger partial charge in [0, 0.05) is 31.5 Å². The lowest BCUT2D eigenvalue weighted by atomic mass is 10.1. The number of thiazole rings is 1. The van der Waals surface area contributed by atoms with Crippen molar-refractivity contribution in [3.63, 3.8) is 0 Å². The number of methoxy groups -OCH3 is 1. The first-order valence-corrected chi connectivity index (χ1v) is 9.76. The minimum absolute atomic E-state index is 0.0668. The molecule has 1 aromatic heterocycles. The number of nitrogens with zero attached hydrogens (tertiary/aromatic N) is 2. The molecule has 0 aliphatic carbocycles. The molecule has 2 heterocycles. The summed E-state index contributed by atoms with van der Waals surface area (Å²) in [5.41, 5.74) is 7.09. The van der Waals surface area contributed by atoms with Crippen molar-refractivity contribution in [1.82, 2.24) is 9.88 Å². The van der Waals surface area contributed by atoms with E-state index in [1.165, 1.54) is 11.3 Å². The van der Waals surface area contributed by atoms with Crippen LogP contribution in [0.5, 0.6) is 5.75 Å². The number of aromatic nitrogens is 1. The minimum atomic E-state index is -0.0668. The summed E-state index contributed by atoms with van der Waals surface area (Å²) in [6.45, 7) is 2.37. The van der Waals surface area contributed by atoms with Gasteiger partial charge in [0.05, 0.1) is 18.2 Å². The fraction of sp³-hybridized carbons (Fsp3) is 0.474. The number of amides is 1. The molecule has 1 atom stereocenters. The molecule has 1 unspecified atom stereocenters. The second-order valence-corrected chi connectivity index (χ2v) is 7.28. The van der Waals surface area contributed by atoms with E-state index in [1.54, 1.807) is 7.11 Å². The molecule has 1 aliphatic heterocycles. The SMILES string of the molecule is COc1cccc(CN(CC2CCCO2)C(=O)c2csc(CCN)n2)c1. The van der Waals surface area contributed by atoms with Crippen LogP contribution in [0.15, 0.2) is 29.6 Å². The van der Waals surface area contributed by atoms with Crippen LogP contribution in [-0.2, 0) is 17.7 Å². The van der Waals surface area contributed by atoms with E-state index >= 15 is 0 Å². The molecule has 1 saturated heterocycles. The average Bonchev–Trinajstić information content (AvgIpc) is 3.33. The van der Waals surface area contributed by atoms with Gasteiger partial charge in [-0.2, -0.15) is 0 Å². The second kappa shape index (κ2) is 9.12. The van der Waals surface area contributed by atoms with Gasteiger partial charge in [-0.3, -0.25) is 4.79 Å². The average molecular weight is 375 g/mol. The van der Waals surface area contributed by atoms with Crippen molar-refractivity contribution >= 4 is 17.2 Å². The lowest BCUT2D eigenvalue weighted by molar-refractivity contribution is 0.0503. The molecule has 2 N–H and O–H groups in total. The Labute approximate surface area is 157 Å². The first-order chi connectivity index (χ1) is 12.7. The van der Waals surface area contributed by atoms with Crippen molar-refractivity contribution in [3.8, 4) is 5.75 Å². The first kappa shape index (κ1) is 18.8. The standard InChI is InChI=1S/C19H25N3O3S/c1-24-15-5-2-4-14(10-15)11-22(12-16-6-3-9-25-16)19(23)17-13-26-18(21-17)7-8-20/h2,4-5,10,13,16H,3,6-9,11-12,20H2,1H3. The molecule has 0 spiro atoms. The van der Waals surface area contributed by atoms with Gasteiger partial charge in [0.25, 0.3) is 5.91 Å². The molecule has 2 aromatic rings. The van der Waals surface area contributed by atoms with Crippen LogP contribution in [0, 0.1) is 0 Å². The zero-order chi connectivity index (χ0) is 18.4. The second-order valence-electron chi connectivity index (χ2n) is 6.34. The van der Waals surface area contributed by atoms with E-state index in [2.05, 4.69) is 4.98 Å². The molecule has 0 bridgehead atoms. The summed E-state index contributed by atoms with van der Waals surface area (Å²) < 4.78 is 11.0. The molecule has 6 nitrogen and oxygen atoms in total. The van der Waals surface area contributed by atoms with E-state index in [4.69, 9.17) is 15.2 Å². The van der Waals surface area contributed by atoms with Gasteiger partial charge < -0.3 is 20.1 Å². The lowest BCUT2D eigenvalue weighted by Gasteiger charge is -2.25. The molecular weight excluding hydrogens is 350 g/mol. The Kier molecular flexibility index (Phi) is 6.60. The fourth-order valence-electron chi connectivity index (χ4n) is 3.05. The third kappa shape index (κ3) is 4.81. The van der Waals surface area contributed by atoms with Crippen LogP contribution in [0.3, 0.4) is 0 Å². The Balaban J connectivity index is 1.77. The van der Waals surface area contributed by atoms with Crippen LogP contribution in [0.2, 0.25) is 0 Å². The number of carbonyl (C=O) groups excluding carboxylic acids is 1. The van der Waals surface area contributed by atoms with Crippen LogP contribution in [-0.4, -0.2) is 48.7 Å². The summed E-state index contributed by atoms with van der Waals surface area (Å²) in [4.78, 5) is 19.3. The van der Waals surface area contributed by atoms with Crippen LogP contribution >= 0.6 is 11.3 Å². The zero-order valence-electron chi connectivity index (χ0n) is 15.0. The molecule has 3 rings (SSSR count). The lowest BCUT2D eigenvalue weighted by Crippen LogP contribution is -2.37. The third-order valence-corrected chi connectivity index (χ3v) is 5.28. The van der Waals surface area contributed by atoms with E-state index in [9.17, 15) is 4.79 Å².